The lowest BCUT2D eigenvalue weighted by molar-refractivity contribution is -0.121. The molecule has 1 aromatic carbocycles. The van der Waals surface area contributed by atoms with E-state index in [1.165, 1.54) is 0 Å². The molecule has 2 rings (SSSR count). The topological polar surface area (TPSA) is 88.2 Å². The quantitative estimate of drug-likeness (QED) is 0.776. The molecule has 0 radical (unpaired) electrons. The summed E-state index contributed by atoms with van der Waals surface area (Å²) in [5.41, 5.74) is 1.85. The van der Waals surface area contributed by atoms with Crippen molar-refractivity contribution in [1.29, 1.82) is 0 Å². The zero-order valence-electron chi connectivity index (χ0n) is 14.5. The number of aliphatic hydroxyl groups is 1. The third-order valence-electron chi connectivity index (χ3n) is 3.83. The van der Waals surface area contributed by atoms with Gasteiger partial charge in [-0.15, -0.1) is 0 Å². The molecule has 2 N–H and O–H groups in total. The summed E-state index contributed by atoms with van der Waals surface area (Å²) < 4.78 is 5.14. The molecule has 0 fully saturated rings. The number of carbonyl (C=O) groups excluding carboxylic acids is 1. The third-order valence-corrected chi connectivity index (χ3v) is 3.83. The zero-order valence-corrected chi connectivity index (χ0v) is 14.5. The SMILES string of the molecule is Cc1ccccc1C(O)CNC(=O)CCCc1nc(C(C)C)no1. The van der Waals surface area contributed by atoms with Crippen molar-refractivity contribution in [3.63, 3.8) is 0 Å². The van der Waals surface area contributed by atoms with Gasteiger partial charge < -0.3 is 14.9 Å². The van der Waals surface area contributed by atoms with E-state index in [0.29, 0.717) is 31.0 Å². The highest BCUT2D eigenvalue weighted by Crippen LogP contribution is 2.16. The number of hydrogen-bond donors (Lipinski definition) is 2. The third kappa shape index (κ3) is 5.16. The van der Waals surface area contributed by atoms with Gasteiger partial charge in [0.1, 0.15) is 0 Å². The fraction of sp³-hybridized carbons (Fsp3) is 0.500. The van der Waals surface area contributed by atoms with E-state index in [4.69, 9.17) is 4.52 Å². The number of nitrogens with one attached hydrogen (secondary N) is 1. The Morgan fingerprint density at radius 3 is 2.75 bits per heavy atom. The van der Waals surface area contributed by atoms with Crippen LogP contribution in [0.4, 0.5) is 0 Å². The number of aliphatic hydroxyl groups excluding tert-OH is 1. The van der Waals surface area contributed by atoms with Crippen LogP contribution < -0.4 is 5.32 Å². The summed E-state index contributed by atoms with van der Waals surface area (Å²) in [6.07, 6.45) is 0.874. The Bertz CT molecular complexity index is 667. The largest absolute Gasteiger partial charge is 0.387 e. The number of nitrogens with zero attached hydrogens (tertiary/aromatic N) is 2. The molecule has 1 unspecified atom stereocenters. The molecule has 1 amide bonds. The fourth-order valence-corrected chi connectivity index (χ4v) is 2.37. The van der Waals surface area contributed by atoms with Gasteiger partial charge in [-0.05, 0) is 24.5 Å². The maximum absolute atomic E-state index is 11.9. The van der Waals surface area contributed by atoms with E-state index in [9.17, 15) is 9.90 Å². The monoisotopic (exact) mass is 331 g/mol. The van der Waals surface area contributed by atoms with Gasteiger partial charge in [0.2, 0.25) is 11.8 Å². The van der Waals surface area contributed by atoms with E-state index >= 15 is 0 Å². The molecule has 0 spiro atoms. The van der Waals surface area contributed by atoms with Crippen LogP contribution in [-0.2, 0) is 11.2 Å². The Kier molecular flexibility index (Phi) is 6.49. The molecule has 0 aliphatic carbocycles. The zero-order chi connectivity index (χ0) is 17.5. The molecule has 0 saturated heterocycles. The molecule has 1 heterocycles. The number of benzene rings is 1. The predicted molar refractivity (Wildman–Crippen MR) is 90.5 cm³/mol. The lowest BCUT2D eigenvalue weighted by Crippen LogP contribution is -2.28. The van der Waals surface area contributed by atoms with Gasteiger partial charge in [0.15, 0.2) is 5.82 Å². The lowest BCUT2D eigenvalue weighted by atomic mass is 10.0. The van der Waals surface area contributed by atoms with Crippen LogP contribution in [0.15, 0.2) is 28.8 Å². The van der Waals surface area contributed by atoms with Crippen LogP contribution in [0.2, 0.25) is 0 Å². The first-order valence-corrected chi connectivity index (χ1v) is 8.30. The van der Waals surface area contributed by atoms with Gasteiger partial charge in [-0.3, -0.25) is 4.79 Å². The molecular weight excluding hydrogens is 306 g/mol. The van der Waals surface area contributed by atoms with Crippen molar-refractivity contribution in [2.45, 2.75) is 52.1 Å². The maximum atomic E-state index is 11.9. The molecule has 0 saturated carbocycles. The summed E-state index contributed by atoms with van der Waals surface area (Å²) in [7, 11) is 0. The summed E-state index contributed by atoms with van der Waals surface area (Å²) in [5, 5.41) is 16.8. The number of hydrogen-bond acceptors (Lipinski definition) is 5. The van der Waals surface area contributed by atoms with Crippen LogP contribution in [0.25, 0.3) is 0 Å². The molecule has 1 aromatic heterocycles. The van der Waals surface area contributed by atoms with Crippen molar-refractivity contribution in [2.75, 3.05) is 6.54 Å². The lowest BCUT2D eigenvalue weighted by Gasteiger charge is -2.14. The van der Waals surface area contributed by atoms with Gasteiger partial charge in [0, 0.05) is 25.3 Å². The van der Waals surface area contributed by atoms with Crippen LogP contribution in [0.5, 0.6) is 0 Å². The first-order chi connectivity index (χ1) is 11.5. The molecule has 0 aliphatic heterocycles. The second kappa shape index (κ2) is 8.59. The van der Waals surface area contributed by atoms with Crippen LogP contribution in [0.3, 0.4) is 0 Å². The highest BCUT2D eigenvalue weighted by atomic mass is 16.5. The van der Waals surface area contributed by atoms with Gasteiger partial charge in [-0.2, -0.15) is 4.98 Å². The van der Waals surface area contributed by atoms with Crippen LogP contribution in [-0.4, -0.2) is 27.7 Å². The van der Waals surface area contributed by atoms with Gasteiger partial charge in [0.05, 0.1) is 6.10 Å². The Labute approximate surface area is 142 Å². The summed E-state index contributed by atoms with van der Waals surface area (Å²) >= 11 is 0. The van der Waals surface area contributed by atoms with E-state index in [2.05, 4.69) is 15.5 Å². The van der Waals surface area contributed by atoms with E-state index in [0.717, 1.165) is 11.1 Å². The standard InChI is InChI=1S/C18H25N3O3/c1-12(2)18-20-17(24-21-18)10-6-9-16(23)19-11-15(22)14-8-5-4-7-13(14)3/h4-5,7-8,12,15,22H,6,9-11H2,1-3H3,(H,19,23). The molecule has 6 nitrogen and oxygen atoms in total. The molecule has 130 valence electrons. The van der Waals surface area contributed by atoms with Crippen molar-refractivity contribution in [1.82, 2.24) is 15.5 Å². The van der Waals surface area contributed by atoms with Crippen LogP contribution in [0, 0.1) is 6.92 Å². The second-order valence-corrected chi connectivity index (χ2v) is 6.23. The summed E-state index contributed by atoms with van der Waals surface area (Å²) in [6.45, 7) is 6.15. The summed E-state index contributed by atoms with van der Waals surface area (Å²) in [6, 6.07) is 7.61. The fourth-order valence-electron chi connectivity index (χ4n) is 2.37. The molecule has 0 aliphatic rings. The molecule has 0 bridgehead atoms. The minimum Gasteiger partial charge on any atom is -0.387 e. The molecular formula is C18H25N3O3. The van der Waals surface area contributed by atoms with Crippen LogP contribution >= 0.6 is 0 Å². The van der Waals surface area contributed by atoms with Gasteiger partial charge in [-0.25, -0.2) is 0 Å². The van der Waals surface area contributed by atoms with E-state index < -0.39 is 6.10 Å². The second-order valence-electron chi connectivity index (χ2n) is 6.23. The average Bonchev–Trinajstić information content (AvgIpc) is 3.02. The Morgan fingerprint density at radius 2 is 2.08 bits per heavy atom. The van der Waals surface area contributed by atoms with E-state index in [1.807, 2.05) is 45.0 Å². The number of aryl methyl sites for hydroxylation is 2. The van der Waals surface area contributed by atoms with Crippen molar-refractivity contribution in [3.05, 3.63) is 47.1 Å². The van der Waals surface area contributed by atoms with Gasteiger partial charge >= 0.3 is 0 Å². The predicted octanol–water partition coefficient (Wildman–Crippen LogP) is 2.67. The van der Waals surface area contributed by atoms with Crippen LogP contribution in [0.1, 0.15) is 61.6 Å². The summed E-state index contributed by atoms with van der Waals surface area (Å²) in [5.74, 6) is 1.39. The number of rotatable bonds is 8. The number of aromatic nitrogens is 2. The Balaban J connectivity index is 1.70. The maximum Gasteiger partial charge on any atom is 0.226 e. The average molecular weight is 331 g/mol. The molecule has 6 heteroatoms. The molecule has 1 atom stereocenters. The van der Waals surface area contributed by atoms with Crippen molar-refractivity contribution in [2.24, 2.45) is 0 Å². The summed E-state index contributed by atoms with van der Waals surface area (Å²) in [4.78, 5) is 16.2. The van der Waals surface area contributed by atoms with Gasteiger partial charge in [0.25, 0.3) is 0 Å². The number of amides is 1. The minimum atomic E-state index is -0.695. The first-order valence-electron chi connectivity index (χ1n) is 8.30. The normalized spacial score (nSPS) is 12.4. The van der Waals surface area contributed by atoms with Crippen molar-refractivity contribution >= 4 is 5.91 Å². The highest BCUT2D eigenvalue weighted by Gasteiger charge is 2.13. The highest BCUT2D eigenvalue weighted by molar-refractivity contribution is 5.75. The first kappa shape index (κ1) is 18.1. The van der Waals surface area contributed by atoms with Crippen molar-refractivity contribution < 1.29 is 14.4 Å². The number of carbonyl (C=O) groups is 1. The van der Waals surface area contributed by atoms with E-state index in [1.54, 1.807) is 0 Å². The smallest absolute Gasteiger partial charge is 0.226 e. The van der Waals surface area contributed by atoms with Crippen molar-refractivity contribution in [3.8, 4) is 0 Å². The Morgan fingerprint density at radius 1 is 1.33 bits per heavy atom. The molecule has 24 heavy (non-hydrogen) atoms. The Hall–Kier alpha value is -2.21. The van der Waals surface area contributed by atoms with Gasteiger partial charge in [-0.1, -0.05) is 43.3 Å². The minimum absolute atomic E-state index is 0.0915. The molecule has 2 aromatic rings. The van der Waals surface area contributed by atoms with E-state index in [-0.39, 0.29) is 18.4 Å².